The molecule has 0 radical (unpaired) electrons. The van der Waals surface area contributed by atoms with Gasteiger partial charge in [-0.2, -0.15) is 0 Å². The Morgan fingerprint density at radius 1 is 0.400 bits per heavy atom. The second kappa shape index (κ2) is 57.0. The van der Waals surface area contributed by atoms with E-state index in [0.29, 0.717) is 117 Å². The van der Waals surface area contributed by atoms with Crippen molar-refractivity contribution in [1.29, 1.82) is 0 Å². The molecule has 27 nitrogen and oxygen atoms in total. The monoisotopic (exact) mass is 1820 g/mol. The first-order valence-electron chi connectivity index (χ1n) is 44.1. The highest BCUT2D eigenvalue weighted by Gasteiger charge is 2.50. The number of ketones is 2. The van der Waals surface area contributed by atoms with Crippen LogP contribution >= 0.6 is 0 Å². The van der Waals surface area contributed by atoms with Crippen molar-refractivity contribution in [1.82, 2.24) is 9.80 Å². The van der Waals surface area contributed by atoms with E-state index in [1.54, 1.807) is 34.6 Å². The summed E-state index contributed by atoms with van der Waals surface area (Å²) in [5.41, 5.74) is -0.626. The second-order valence-corrected chi connectivity index (χ2v) is 36.5. The van der Waals surface area contributed by atoms with E-state index < -0.39 is 118 Å². The molecule has 125 heavy (non-hydrogen) atoms. The number of Topliss-reactive ketones (excluding diaryl/α,β-unsaturated/α-hetero) is 2. The van der Waals surface area contributed by atoms with Gasteiger partial charge < -0.3 is 103 Å². The van der Waals surface area contributed by atoms with Crippen LogP contribution < -0.4 is 37.2 Å². The van der Waals surface area contributed by atoms with Crippen molar-refractivity contribution >= 4 is 77.1 Å². The number of likely N-dealkylation sites (tertiary alicyclic amines) is 2. The normalized spacial score (nSPS) is 16.5. The van der Waals surface area contributed by atoms with Crippen molar-refractivity contribution in [3.63, 3.8) is 0 Å². The molecule has 2 heterocycles. The Labute approximate surface area is 763 Å². The molecule has 2 saturated heterocycles. The predicted molar refractivity (Wildman–Crippen MR) is 462 cm³/mol. The Kier molecular flexibility index (Phi) is 52.4. The quantitative estimate of drug-likeness (QED) is 0.0252. The number of hydrogen-bond acceptors (Lipinski definition) is 22. The topological polar surface area (TPSA) is 311 Å². The smallest absolute Gasteiger partial charge is 0.319 e. The highest BCUT2D eigenvalue weighted by molar-refractivity contribution is 6.03. The molecule has 0 bridgehead atoms. The van der Waals surface area contributed by atoms with Crippen molar-refractivity contribution in [2.75, 3.05) is 121 Å². The molecular weight excluding hydrogens is 1670 g/mol. The van der Waals surface area contributed by atoms with Crippen molar-refractivity contribution in [3.8, 4) is 0 Å². The number of quaternary nitrogens is 3. The number of carbonyl (C=O) groups excluding carboxylic acids is 13. The van der Waals surface area contributed by atoms with Crippen LogP contribution in [0.1, 0.15) is 229 Å². The molecule has 0 N–H and O–H groups in total. The number of nitrogens with zero attached hydrogens (tertiary/aromatic N) is 5. The van der Waals surface area contributed by atoms with Gasteiger partial charge in [-0.25, -0.2) is 0 Å². The summed E-state index contributed by atoms with van der Waals surface area (Å²) in [4.78, 5) is 174. The van der Waals surface area contributed by atoms with Gasteiger partial charge in [-0.3, -0.25) is 62.3 Å². The third-order valence-corrected chi connectivity index (χ3v) is 23.6. The van der Waals surface area contributed by atoms with Gasteiger partial charge in [0.25, 0.3) is 0 Å². The van der Waals surface area contributed by atoms with E-state index in [4.69, 9.17) is 42.6 Å². The lowest BCUT2D eigenvalue weighted by molar-refractivity contribution is -0.903. The molecular formula is C95H148Cl3N5O22. The first-order valence-corrected chi connectivity index (χ1v) is 44.1. The summed E-state index contributed by atoms with van der Waals surface area (Å²) >= 11 is 0. The molecule has 706 valence electrons. The van der Waals surface area contributed by atoms with Crippen LogP contribution in [-0.4, -0.2) is 246 Å². The predicted octanol–water partition coefficient (Wildman–Crippen LogP) is 4.09. The molecule has 5 rings (SSSR count). The number of hydrogen-bond donors (Lipinski definition) is 0. The molecule has 3 aromatic carbocycles. The molecule has 0 spiro atoms. The molecule has 10 unspecified atom stereocenters. The molecule has 2 aliphatic rings. The van der Waals surface area contributed by atoms with E-state index in [1.165, 1.54) is 33.3 Å². The number of ether oxygens (including phenoxy) is 9. The fourth-order valence-corrected chi connectivity index (χ4v) is 16.1. The van der Waals surface area contributed by atoms with Gasteiger partial charge in [0.2, 0.25) is 11.8 Å². The average molecular weight is 1820 g/mol. The molecule has 3 aromatic rings. The summed E-state index contributed by atoms with van der Waals surface area (Å²) in [6.07, 6.45) is 8.08. The summed E-state index contributed by atoms with van der Waals surface area (Å²) in [6, 6.07) is 29.5. The third-order valence-electron chi connectivity index (χ3n) is 23.6. The maximum Gasteiger partial charge on any atom is 0.319 e. The lowest BCUT2D eigenvalue weighted by Gasteiger charge is -2.36. The van der Waals surface area contributed by atoms with E-state index in [0.717, 1.165) is 56.2 Å². The van der Waals surface area contributed by atoms with E-state index >= 15 is 0 Å². The van der Waals surface area contributed by atoms with Crippen molar-refractivity contribution in [2.45, 2.75) is 256 Å². The summed E-state index contributed by atoms with van der Waals surface area (Å²) in [5.74, 6) is -10.1. The van der Waals surface area contributed by atoms with Gasteiger partial charge in [0.05, 0.1) is 70.9 Å². The molecule has 2 fully saturated rings. The van der Waals surface area contributed by atoms with E-state index in [1.807, 2.05) is 145 Å². The first-order chi connectivity index (χ1) is 57.4. The van der Waals surface area contributed by atoms with Crippen LogP contribution in [0.5, 0.6) is 0 Å². The minimum Gasteiger partial charge on any atom is -1.00 e. The Morgan fingerprint density at radius 2 is 0.712 bits per heavy atom. The van der Waals surface area contributed by atoms with Crippen LogP contribution in [-0.2, 0) is 125 Å². The van der Waals surface area contributed by atoms with Crippen LogP contribution in [0, 0.1) is 39.9 Å². The van der Waals surface area contributed by atoms with E-state index in [9.17, 15) is 62.3 Å². The molecule has 0 aliphatic carbocycles. The number of benzene rings is 3. The fourth-order valence-electron chi connectivity index (χ4n) is 16.1. The average Bonchev–Trinajstić information content (AvgIpc) is 0.968. The molecule has 0 saturated carbocycles. The van der Waals surface area contributed by atoms with Gasteiger partial charge in [-0.15, -0.1) is 0 Å². The molecule has 2 aliphatic heterocycles. The number of rotatable bonds is 52. The fraction of sp³-hybridized carbons (Fsp3) is 0.674. The molecule has 0 aromatic heterocycles. The lowest BCUT2D eigenvalue weighted by Crippen LogP contribution is -3.00. The van der Waals surface area contributed by atoms with Gasteiger partial charge in [0, 0.05) is 68.6 Å². The third kappa shape index (κ3) is 41.7. The van der Waals surface area contributed by atoms with E-state index in [2.05, 4.69) is 26.2 Å². The molecule has 10 atom stereocenters. The zero-order chi connectivity index (χ0) is 91.0. The molecule has 30 heteroatoms. The largest absolute Gasteiger partial charge is 1.00 e. The molecule has 2 amide bonds. The van der Waals surface area contributed by atoms with Crippen LogP contribution in [0.2, 0.25) is 0 Å². The number of likely N-dealkylation sites (N-methyl/N-ethyl adjacent to an activating group) is 3. The Morgan fingerprint density at radius 3 is 1.02 bits per heavy atom. The van der Waals surface area contributed by atoms with Crippen LogP contribution in [0.25, 0.3) is 0 Å². The maximum absolute atomic E-state index is 14.4. The number of amides is 2. The van der Waals surface area contributed by atoms with Crippen LogP contribution in [0.15, 0.2) is 91.0 Å². The number of esters is 9. The highest BCUT2D eigenvalue weighted by atomic mass is 35.5. The van der Waals surface area contributed by atoms with Crippen molar-refractivity contribution in [2.24, 2.45) is 39.9 Å². The van der Waals surface area contributed by atoms with Gasteiger partial charge >= 0.3 is 53.7 Å². The minimum atomic E-state index is -1.96. The van der Waals surface area contributed by atoms with Gasteiger partial charge in [-0.1, -0.05) is 138 Å². The summed E-state index contributed by atoms with van der Waals surface area (Å²) in [6.45, 7) is 25.4. The Balaban J connectivity index is 0.00000127. The van der Waals surface area contributed by atoms with Crippen molar-refractivity contribution in [3.05, 3.63) is 108 Å². The van der Waals surface area contributed by atoms with E-state index in [-0.39, 0.29) is 133 Å². The van der Waals surface area contributed by atoms with Gasteiger partial charge in [0.1, 0.15) is 121 Å². The zero-order valence-electron chi connectivity index (χ0n) is 78.2. The Hall–Kier alpha value is -8.08. The zero-order valence-corrected chi connectivity index (χ0v) is 80.4. The van der Waals surface area contributed by atoms with Crippen molar-refractivity contribution < 1.29 is 156 Å². The maximum atomic E-state index is 14.4. The second-order valence-electron chi connectivity index (χ2n) is 36.5. The minimum absolute atomic E-state index is 0. The highest BCUT2D eigenvalue weighted by Crippen LogP contribution is 2.40. The Bertz CT molecular complexity index is 3760. The first kappa shape index (κ1) is 115. The summed E-state index contributed by atoms with van der Waals surface area (Å²) in [7, 11) is 12.3. The van der Waals surface area contributed by atoms with Gasteiger partial charge in [-0.05, 0) is 138 Å². The SMILES string of the molecule is CCC(CCC(C)(CC(C)N1CCCCCC1=O)C(=O)OCCOC(=O)C(CC(C)C(=O)OCC[N+](C)(C)Cc1ccccc1)(CC(C)C(=O)OCC[N+](C)(C)Cc1ccccc1)C(C)=O)OC(C)=O.CCC(CCC(C)(CC(C)N1CCCCCC1=O)C(=O)OCCOC(=O)C(CC(C)C(=O)OCC[N+](C)(C)Cc1ccccc1)C(C)=O)OC(C)=O.[Cl-].[Cl-].[Cl-]. The lowest BCUT2D eigenvalue weighted by atomic mass is 9.71. The standard InChI is InChI=1S/C55H85N3O12.C40H63N2O10.3ClH/c1-12-48(70-45(6)60)27-28-54(7,38-43(4)56-29-21-15-20-26-49(56)61)52(64)68-34-35-69-53(65)55(44(5)59,36-41(2)50(62)66-32-30-57(8,9)39-46-22-16-13-17-23-46)37-42(3)51(63)67-33-31-58(10,11)40-47-24-18-14-19-25-47;1-9-34(52-32(5)44)19-20-40(6,27-30(3)41-21-15-11-14-18-36(41)45)39(48)51-25-24-50-38(47)35(31(4)43)26-29(2)37(46)49-23-22-42(7,8)28-33-16-12-10-13-17-33;;;/h13-14,16-19,22-25,41-43,48H,12,15,20-21,26-40H2,1-11H3;10,12-13,16-17,29-30,34-35H,9,11,14-15,18-28H2,1-8H3;3*1H/q+2;+1;;;/p-3. The summed E-state index contributed by atoms with van der Waals surface area (Å²) < 4.78 is 52.2. The van der Waals surface area contributed by atoms with Gasteiger partial charge in [0.15, 0.2) is 0 Å². The number of halogens is 3. The van der Waals surface area contributed by atoms with Crippen LogP contribution in [0.3, 0.4) is 0 Å². The van der Waals surface area contributed by atoms with Crippen LogP contribution in [0.4, 0.5) is 0 Å². The summed E-state index contributed by atoms with van der Waals surface area (Å²) in [5, 5.41) is 0. The number of carbonyl (C=O) groups is 13.